The van der Waals surface area contributed by atoms with E-state index in [-0.39, 0.29) is 12.0 Å². The molecule has 0 N–H and O–H groups in total. The van der Waals surface area contributed by atoms with Crippen molar-refractivity contribution >= 4 is 55.3 Å². The van der Waals surface area contributed by atoms with Crippen LogP contribution in [0.4, 0.5) is 17.1 Å². The molecule has 2 heterocycles. The number of allylic oxidation sites excluding steroid dienone is 2. The maximum absolute atomic E-state index is 6.96. The topological polar surface area (TPSA) is 25.6 Å². The second-order valence-electron chi connectivity index (χ2n) is 12.8. The van der Waals surface area contributed by atoms with Crippen LogP contribution in [0.3, 0.4) is 0 Å². The van der Waals surface area contributed by atoms with E-state index in [4.69, 9.17) is 9.15 Å². The summed E-state index contributed by atoms with van der Waals surface area (Å²) in [6.07, 6.45) is 6.59. The summed E-state index contributed by atoms with van der Waals surface area (Å²) >= 11 is 0. The molecular formula is C46H31NO2. The highest BCUT2D eigenvalue weighted by Crippen LogP contribution is 2.53. The van der Waals surface area contributed by atoms with Crippen LogP contribution in [0, 0.1) is 0 Å². The molecule has 3 nitrogen and oxygen atoms in total. The zero-order valence-corrected chi connectivity index (χ0v) is 26.7. The molecule has 232 valence electrons. The maximum Gasteiger partial charge on any atom is 0.137 e. The molecule has 2 atom stereocenters. The lowest BCUT2D eigenvalue weighted by molar-refractivity contribution is 0.281. The molecule has 49 heavy (non-hydrogen) atoms. The van der Waals surface area contributed by atoms with Gasteiger partial charge < -0.3 is 14.1 Å². The molecule has 2 aliphatic rings. The van der Waals surface area contributed by atoms with Gasteiger partial charge in [0.15, 0.2) is 0 Å². The summed E-state index contributed by atoms with van der Waals surface area (Å²) < 4.78 is 13.4. The number of anilines is 3. The summed E-state index contributed by atoms with van der Waals surface area (Å²) in [5, 5.41) is 4.43. The minimum Gasteiger partial charge on any atom is -0.484 e. The number of benzene rings is 7. The van der Waals surface area contributed by atoms with E-state index in [1.807, 2.05) is 12.1 Å². The molecule has 3 heteroatoms. The number of para-hydroxylation sites is 1. The van der Waals surface area contributed by atoms with Crippen LogP contribution < -0.4 is 9.64 Å². The molecule has 1 aliphatic carbocycles. The minimum absolute atomic E-state index is 0.0893. The highest BCUT2D eigenvalue weighted by molar-refractivity contribution is 6.15. The Balaban J connectivity index is 1.21. The quantitative estimate of drug-likeness (QED) is 0.189. The van der Waals surface area contributed by atoms with Gasteiger partial charge in [-0.3, -0.25) is 0 Å². The fourth-order valence-corrected chi connectivity index (χ4v) is 7.79. The molecule has 0 saturated carbocycles. The van der Waals surface area contributed by atoms with Crippen LogP contribution in [0.2, 0.25) is 0 Å². The van der Waals surface area contributed by atoms with E-state index < -0.39 is 0 Å². The third kappa shape index (κ3) is 4.43. The van der Waals surface area contributed by atoms with E-state index in [0.29, 0.717) is 0 Å². The van der Waals surface area contributed by atoms with E-state index in [1.54, 1.807) is 0 Å². The number of hydrogen-bond acceptors (Lipinski definition) is 3. The molecule has 1 aromatic heterocycles. The van der Waals surface area contributed by atoms with Crippen molar-refractivity contribution in [2.24, 2.45) is 0 Å². The minimum atomic E-state index is -0.0964. The molecule has 0 spiro atoms. The summed E-state index contributed by atoms with van der Waals surface area (Å²) in [7, 11) is 0. The first kappa shape index (κ1) is 27.8. The van der Waals surface area contributed by atoms with Crippen LogP contribution in [0.15, 0.2) is 180 Å². The van der Waals surface area contributed by atoms with Gasteiger partial charge in [-0.2, -0.15) is 0 Å². The van der Waals surface area contributed by atoms with Crippen molar-refractivity contribution < 1.29 is 9.15 Å². The zero-order chi connectivity index (χ0) is 32.3. The number of furan rings is 1. The van der Waals surface area contributed by atoms with Gasteiger partial charge in [-0.15, -0.1) is 0 Å². The predicted octanol–water partition coefficient (Wildman–Crippen LogP) is 12.4. The summed E-state index contributed by atoms with van der Waals surface area (Å²) in [5.41, 5.74) is 11.0. The Kier molecular flexibility index (Phi) is 6.31. The summed E-state index contributed by atoms with van der Waals surface area (Å²) in [6, 6.07) is 55.8. The normalized spacial score (nSPS) is 16.4. The first-order valence-electron chi connectivity index (χ1n) is 16.8. The average Bonchev–Trinajstić information content (AvgIpc) is 3.75. The average molecular weight is 630 g/mol. The predicted molar refractivity (Wildman–Crippen MR) is 202 cm³/mol. The smallest absolute Gasteiger partial charge is 0.137 e. The van der Waals surface area contributed by atoms with Gasteiger partial charge in [0.1, 0.15) is 23.0 Å². The molecule has 7 aromatic carbocycles. The monoisotopic (exact) mass is 629 g/mol. The second-order valence-corrected chi connectivity index (χ2v) is 12.8. The van der Waals surface area contributed by atoms with E-state index in [2.05, 4.69) is 169 Å². The number of nitrogens with zero attached hydrogens (tertiary/aromatic N) is 1. The van der Waals surface area contributed by atoms with Crippen LogP contribution in [-0.2, 0) is 0 Å². The number of fused-ring (bicyclic) bond motifs is 8. The lowest BCUT2D eigenvalue weighted by Crippen LogP contribution is -2.21. The molecule has 10 rings (SSSR count). The third-order valence-corrected chi connectivity index (χ3v) is 10.0. The highest BCUT2D eigenvalue weighted by Gasteiger charge is 2.39. The molecule has 0 fully saturated rings. The van der Waals surface area contributed by atoms with Gasteiger partial charge in [0.05, 0.1) is 16.8 Å². The van der Waals surface area contributed by atoms with E-state index in [0.717, 1.165) is 55.5 Å². The summed E-state index contributed by atoms with van der Waals surface area (Å²) in [6.45, 7) is 0. The lowest BCUT2D eigenvalue weighted by Gasteiger charge is -2.28. The maximum atomic E-state index is 6.96. The van der Waals surface area contributed by atoms with Crippen molar-refractivity contribution in [3.8, 4) is 16.9 Å². The van der Waals surface area contributed by atoms with Crippen LogP contribution in [0.5, 0.6) is 5.75 Å². The van der Waals surface area contributed by atoms with E-state index in [1.165, 1.54) is 27.8 Å². The van der Waals surface area contributed by atoms with Crippen LogP contribution in [-0.4, -0.2) is 6.10 Å². The fraction of sp³-hybridized carbons (Fsp3) is 0.0435. The van der Waals surface area contributed by atoms with Crippen LogP contribution in [0.25, 0.3) is 49.4 Å². The van der Waals surface area contributed by atoms with Crippen LogP contribution in [0.1, 0.15) is 17.0 Å². The standard InChI is InChI=1S/C46H31NO2/c1-3-13-30(14-4-1)31-25-27-33(28-26-31)47(40-22-12-24-43-44(40)38-19-9-10-23-42(38)48-43)41-29-39-37-21-11-20-34(32-15-5-2-6-16-32)45(37)49-46(39)36-18-8-7-17-35(36)41/h1-29,37,45H. The molecule has 1 aliphatic heterocycles. The molecule has 2 unspecified atom stereocenters. The van der Waals surface area contributed by atoms with E-state index in [9.17, 15) is 0 Å². The Labute approximate surface area is 284 Å². The van der Waals surface area contributed by atoms with Crippen molar-refractivity contribution in [3.63, 3.8) is 0 Å². The van der Waals surface area contributed by atoms with Gasteiger partial charge in [0.2, 0.25) is 0 Å². The lowest BCUT2D eigenvalue weighted by atomic mass is 9.83. The molecule has 0 amide bonds. The Bertz CT molecular complexity index is 2580. The molecular weight excluding hydrogens is 599 g/mol. The largest absolute Gasteiger partial charge is 0.484 e. The Morgan fingerprint density at radius 1 is 0.510 bits per heavy atom. The third-order valence-electron chi connectivity index (χ3n) is 10.0. The molecule has 0 radical (unpaired) electrons. The van der Waals surface area contributed by atoms with Gasteiger partial charge in [0.25, 0.3) is 0 Å². The number of rotatable bonds is 5. The van der Waals surface area contributed by atoms with Gasteiger partial charge >= 0.3 is 0 Å². The van der Waals surface area contributed by atoms with Gasteiger partial charge in [-0.25, -0.2) is 0 Å². The molecule has 8 aromatic rings. The van der Waals surface area contributed by atoms with Crippen molar-refractivity contribution in [2.75, 3.05) is 4.90 Å². The van der Waals surface area contributed by atoms with Gasteiger partial charge in [0, 0.05) is 38.9 Å². The van der Waals surface area contributed by atoms with Gasteiger partial charge in [-0.1, -0.05) is 140 Å². The fourth-order valence-electron chi connectivity index (χ4n) is 7.79. The summed E-state index contributed by atoms with van der Waals surface area (Å²) in [5.74, 6) is 1.06. The summed E-state index contributed by atoms with van der Waals surface area (Å²) in [4.78, 5) is 2.41. The highest BCUT2D eigenvalue weighted by atomic mass is 16.5. The van der Waals surface area contributed by atoms with Crippen LogP contribution >= 0.6 is 0 Å². The molecule has 0 saturated heterocycles. The second kappa shape index (κ2) is 11.1. The van der Waals surface area contributed by atoms with E-state index >= 15 is 0 Å². The van der Waals surface area contributed by atoms with Crippen molar-refractivity contribution in [3.05, 3.63) is 187 Å². The number of hydrogen-bond donors (Lipinski definition) is 0. The Hall–Kier alpha value is -6.32. The Morgan fingerprint density at radius 3 is 1.96 bits per heavy atom. The first-order chi connectivity index (χ1) is 24.3. The Morgan fingerprint density at radius 2 is 1.16 bits per heavy atom. The number of ether oxygens (including phenoxy) is 1. The van der Waals surface area contributed by atoms with Crippen molar-refractivity contribution in [2.45, 2.75) is 12.0 Å². The van der Waals surface area contributed by atoms with Crippen molar-refractivity contribution in [1.29, 1.82) is 0 Å². The SMILES string of the molecule is C1=CC2c3cc(N(c4ccc(-c5ccccc5)cc4)c4cccc5oc6ccccc6c45)c4ccccc4c3OC2C(c2ccccc2)=C1. The van der Waals surface area contributed by atoms with Gasteiger partial charge in [-0.05, 0) is 53.1 Å². The van der Waals surface area contributed by atoms with Crippen molar-refractivity contribution in [1.82, 2.24) is 0 Å². The zero-order valence-electron chi connectivity index (χ0n) is 26.7. The molecule has 0 bridgehead atoms. The first-order valence-corrected chi connectivity index (χ1v) is 16.8.